The first kappa shape index (κ1) is 11.4. The van der Waals surface area contributed by atoms with Crippen LogP contribution in [0.2, 0.25) is 0 Å². The highest BCUT2D eigenvalue weighted by Crippen LogP contribution is 2.14. The number of imidazole rings is 1. The number of nitrogens with zero attached hydrogens (tertiary/aromatic N) is 2. The Morgan fingerprint density at radius 1 is 1.47 bits per heavy atom. The van der Waals surface area contributed by atoms with Gasteiger partial charge in [0, 0.05) is 12.1 Å². The maximum Gasteiger partial charge on any atom is 0.150 e. The van der Waals surface area contributed by atoms with Crippen LogP contribution in [-0.2, 0) is 13.2 Å². The predicted octanol–water partition coefficient (Wildman–Crippen LogP) is 2.29. The standard InChI is InChI=1S/C13H14N2O2/c1-2-15-10-14-7-12(15)9-17-13-5-3-4-11(6-13)8-16/h3-8,10H,2,9H2,1H3. The van der Waals surface area contributed by atoms with Crippen LogP contribution in [0.3, 0.4) is 0 Å². The van der Waals surface area contributed by atoms with Crippen LogP contribution in [0.15, 0.2) is 36.8 Å². The molecule has 0 fully saturated rings. The molecule has 17 heavy (non-hydrogen) atoms. The zero-order valence-corrected chi connectivity index (χ0v) is 9.67. The fourth-order valence-electron chi connectivity index (χ4n) is 1.59. The molecule has 88 valence electrons. The van der Waals surface area contributed by atoms with E-state index in [1.54, 1.807) is 30.7 Å². The van der Waals surface area contributed by atoms with Crippen LogP contribution >= 0.6 is 0 Å². The van der Waals surface area contributed by atoms with Crippen LogP contribution in [0.25, 0.3) is 0 Å². The fourth-order valence-corrected chi connectivity index (χ4v) is 1.59. The van der Waals surface area contributed by atoms with Gasteiger partial charge in [0.25, 0.3) is 0 Å². The van der Waals surface area contributed by atoms with E-state index in [4.69, 9.17) is 4.74 Å². The minimum absolute atomic E-state index is 0.455. The highest BCUT2D eigenvalue weighted by atomic mass is 16.5. The van der Waals surface area contributed by atoms with Gasteiger partial charge < -0.3 is 9.30 Å². The topological polar surface area (TPSA) is 44.1 Å². The van der Waals surface area contributed by atoms with Crippen molar-refractivity contribution in [1.29, 1.82) is 0 Å². The maximum absolute atomic E-state index is 10.6. The summed E-state index contributed by atoms with van der Waals surface area (Å²) in [7, 11) is 0. The maximum atomic E-state index is 10.6. The van der Waals surface area contributed by atoms with Crippen LogP contribution in [-0.4, -0.2) is 15.8 Å². The fraction of sp³-hybridized carbons (Fsp3) is 0.231. The van der Waals surface area contributed by atoms with Crippen molar-refractivity contribution in [2.45, 2.75) is 20.1 Å². The van der Waals surface area contributed by atoms with Crippen molar-refractivity contribution in [2.75, 3.05) is 0 Å². The smallest absolute Gasteiger partial charge is 0.150 e. The minimum Gasteiger partial charge on any atom is -0.487 e. The second kappa shape index (κ2) is 5.30. The Hall–Kier alpha value is -2.10. The first-order valence-corrected chi connectivity index (χ1v) is 5.50. The molecule has 0 N–H and O–H groups in total. The Balaban J connectivity index is 2.04. The third kappa shape index (κ3) is 2.72. The van der Waals surface area contributed by atoms with Gasteiger partial charge in [-0.3, -0.25) is 4.79 Å². The summed E-state index contributed by atoms with van der Waals surface area (Å²) in [4.78, 5) is 14.7. The SMILES string of the molecule is CCn1cncc1COc1cccc(C=O)c1. The number of aldehydes is 1. The average Bonchev–Trinajstić information content (AvgIpc) is 2.84. The summed E-state index contributed by atoms with van der Waals surface area (Å²) in [6.07, 6.45) is 4.37. The highest BCUT2D eigenvalue weighted by Gasteiger charge is 2.02. The van der Waals surface area contributed by atoms with E-state index in [0.29, 0.717) is 17.9 Å². The van der Waals surface area contributed by atoms with E-state index in [9.17, 15) is 4.79 Å². The molecule has 2 rings (SSSR count). The molecule has 0 unspecified atom stereocenters. The van der Waals surface area contributed by atoms with Gasteiger partial charge in [0.2, 0.25) is 0 Å². The Kier molecular flexibility index (Phi) is 3.55. The predicted molar refractivity (Wildman–Crippen MR) is 64.1 cm³/mol. The number of ether oxygens (including phenoxy) is 1. The average molecular weight is 230 g/mol. The van der Waals surface area contributed by atoms with Crippen LogP contribution in [0, 0.1) is 0 Å². The number of benzene rings is 1. The van der Waals surface area contributed by atoms with Crippen LogP contribution in [0.1, 0.15) is 23.0 Å². The van der Waals surface area contributed by atoms with Gasteiger partial charge in [-0.2, -0.15) is 0 Å². The molecule has 1 heterocycles. The van der Waals surface area contributed by atoms with Crippen molar-refractivity contribution in [3.63, 3.8) is 0 Å². The number of aromatic nitrogens is 2. The molecule has 0 saturated heterocycles. The molecule has 0 bridgehead atoms. The minimum atomic E-state index is 0.455. The van der Waals surface area contributed by atoms with E-state index in [1.165, 1.54) is 0 Å². The van der Waals surface area contributed by atoms with Gasteiger partial charge in [-0.05, 0) is 19.1 Å². The molecule has 4 heteroatoms. The van der Waals surface area contributed by atoms with Crippen molar-refractivity contribution in [3.05, 3.63) is 48.0 Å². The van der Waals surface area contributed by atoms with Gasteiger partial charge in [0.1, 0.15) is 18.6 Å². The van der Waals surface area contributed by atoms with Crippen molar-refractivity contribution >= 4 is 6.29 Å². The van der Waals surface area contributed by atoms with Gasteiger partial charge >= 0.3 is 0 Å². The third-order valence-corrected chi connectivity index (χ3v) is 2.52. The van der Waals surface area contributed by atoms with Gasteiger partial charge in [0.05, 0.1) is 18.2 Å². The van der Waals surface area contributed by atoms with Crippen molar-refractivity contribution in [3.8, 4) is 5.75 Å². The lowest BCUT2D eigenvalue weighted by molar-refractivity contribution is 0.112. The zero-order chi connectivity index (χ0) is 12.1. The molecule has 0 aliphatic rings. The van der Waals surface area contributed by atoms with E-state index in [2.05, 4.69) is 11.9 Å². The summed E-state index contributed by atoms with van der Waals surface area (Å²) in [6.45, 7) is 3.38. The number of hydrogen-bond donors (Lipinski definition) is 0. The van der Waals surface area contributed by atoms with Crippen molar-refractivity contribution < 1.29 is 9.53 Å². The number of carbonyl (C=O) groups is 1. The Labute approximate surface area is 99.9 Å². The number of hydrogen-bond acceptors (Lipinski definition) is 3. The molecular weight excluding hydrogens is 216 g/mol. The van der Waals surface area contributed by atoms with Gasteiger partial charge in [-0.1, -0.05) is 12.1 Å². The van der Waals surface area contributed by atoms with Crippen LogP contribution in [0.4, 0.5) is 0 Å². The van der Waals surface area contributed by atoms with E-state index in [1.807, 2.05) is 10.6 Å². The summed E-state index contributed by atoms with van der Waals surface area (Å²) in [5.41, 5.74) is 1.63. The van der Waals surface area contributed by atoms with E-state index in [0.717, 1.165) is 18.5 Å². The molecule has 0 saturated carbocycles. The van der Waals surface area contributed by atoms with E-state index < -0.39 is 0 Å². The molecule has 0 atom stereocenters. The molecule has 0 spiro atoms. The number of rotatable bonds is 5. The highest BCUT2D eigenvalue weighted by molar-refractivity contribution is 5.75. The van der Waals surface area contributed by atoms with Gasteiger partial charge in [0.15, 0.2) is 0 Å². The summed E-state index contributed by atoms with van der Waals surface area (Å²) < 4.78 is 7.63. The molecule has 1 aromatic carbocycles. The number of carbonyl (C=O) groups excluding carboxylic acids is 1. The van der Waals surface area contributed by atoms with Crippen molar-refractivity contribution in [1.82, 2.24) is 9.55 Å². The van der Waals surface area contributed by atoms with Crippen LogP contribution < -0.4 is 4.74 Å². The quantitative estimate of drug-likeness (QED) is 0.740. The Bertz CT molecular complexity index is 506. The second-order valence-electron chi connectivity index (χ2n) is 3.65. The Morgan fingerprint density at radius 3 is 3.12 bits per heavy atom. The van der Waals surface area contributed by atoms with E-state index in [-0.39, 0.29) is 0 Å². The molecule has 0 aliphatic heterocycles. The molecule has 4 nitrogen and oxygen atoms in total. The Morgan fingerprint density at radius 2 is 2.35 bits per heavy atom. The first-order valence-electron chi connectivity index (χ1n) is 5.50. The second-order valence-corrected chi connectivity index (χ2v) is 3.65. The largest absolute Gasteiger partial charge is 0.487 e. The lowest BCUT2D eigenvalue weighted by atomic mass is 10.2. The van der Waals surface area contributed by atoms with Crippen molar-refractivity contribution in [2.24, 2.45) is 0 Å². The monoisotopic (exact) mass is 230 g/mol. The normalized spacial score (nSPS) is 10.2. The molecule has 0 aliphatic carbocycles. The van der Waals surface area contributed by atoms with Crippen LogP contribution in [0.5, 0.6) is 5.75 Å². The zero-order valence-electron chi connectivity index (χ0n) is 9.67. The summed E-state index contributed by atoms with van der Waals surface area (Å²) >= 11 is 0. The lowest BCUT2D eigenvalue weighted by Crippen LogP contribution is -2.03. The molecular formula is C13H14N2O2. The molecule has 1 aromatic heterocycles. The summed E-state index contributed by atoms with van der Waals surface area (Å²) in [6, 6.07) is 7.10. The lowest BCUT2D eigenvalue weighted by Gasteiger charge is -2.08. The van der Waals surface area contributed by atoms with E-state index >= 15 is 0 Å². The third-order valence-electron chi connectivity index (χ3n) is 2.52. The van der Waals surface area contributed by atoms with Gasteiger partial charge in [-0.25, -0.2) is 4.98 Å². The number of aryl methyl sites for hydroxylation is 1. The molecule has 0 amide bonds. The summed E-state index contributed by atoms with van der Waals surface area (Å²) in [5, 5.41) is 0. The first-order chi connectivity index (χ1) is 8.33. The molecule has 0 radical (unpaired) electrons. The summed E-state index contributed by atoms with van der Waals surface area (Å²) in [5.74, 6) is 0.693. The molecule has 2 aromatic rings. The van der Waals surface area contributed by atoms with Gasteiger partial charge in [-0.15, -0.1) is 0 Å².